The number of thiol groups is 1. The van der Waals surface area contributed by atoms with Crippen molar-refractivity contribution in [1.29, 1.82) is 0 Å². The van der Waals surface area contributed by atoms with Crippen molar-refractivity contribution in [3.63, 3.8) is 0 Å². The molecule has 0 aliphatic carbocycles. The second-order valence-electron chi connectivity index (χ2n) is 2.41. The lowest BCUT2D eigenvalue weighted by Crippen LogP contribution is -2.34. The van der Waals surface area contributed by atoms with Crippen LogP contribution < -0.4 is 10.0 Å². The zero-order valence-corrected chi connectivity index (χ0v) is 8.56. The van der Waals surface area contributed by atoms with Gasteiger partial charge in [-0.25, -0.2) is 0 Å². The number of carbonyl (C=O) groups is 2. The zero-order chi connectivity index (χ0) is 10.3. The highest BCUT2D eigenvalue weighted by Gasteiger charge is 2.16. The predicted molar refractivity (Wildman–Crippen MR) is 51.2 cm³/mol. The van der Waals surface area contributed by atoms with Gasteiger partial charge in [0.15, 0.2) is 0 Å². The number of hydrogen-bond donors (Lipinski definition) is 3. The highest BCUT2D eigenvalue weighted by atomic mass is 32.1. The third-order valence-electron chi connectivity index (χ3n) is 1.58. The van der Waals surface area contributed by atoms with Crippen LogP contribution in [0.1, 0.15) is 12.8 Å². The second kappa shape index (κ2) is 6.73. The van der Waals surface area contributed by atoms with E-state index in [1.54, 1.807) is 0 Å². The molecule has 0 rings (SSSR count). The van der Waals surface area contributed by atoms with Gasteiger partial charge in [-0.2, -0.15) is 0 Å². The average Bonchev–Trinajstić information content (AvgIpc) is 2.17. The van der Waals surface area contributed by atoms with E-state index in [-0.39, 0.29) is 18.2 Å². The first-order valence-electron chi connectivity index (χ1n) is 3.83. The van der Waals surface area contributed by atoms with Crippen LogP contribution in [0.15, 0.2) is 0 Å². The van der Waals surface area contributed by atoms with Gasteiger partial charge in [-0.05, 0) is 6.42 Å². The second-order valence-corrected chi connectivity index (χ2v) is 2.64. The SMILES string of the molecule is CNC(=O)C(CCC(=O)NS)OC. The first-order chi connectivity index (χ1) is 6.15. The van der Waals surface area contributed by atoms with Gasteiger partial charge in [-0.3, -0.25) is 9.59 Å². The summed E-state index contributed by atoms with van der Waals surface area (Å²) in [6.45, 7) is 0. The first-order valence-corrected chi connectivity index (χ1v) is 4.27. The maximum Gasteiger partial charge on any atom is 0.248 e. The summed E-state index contributed by atoms with van der Waals surface area (Å²) in [5.41, 5.74) is 0. The van der Waals surface area contributed by atoms with Crippen molar-refractivity contribution in [2.24, 2.45) is 0 Å². The Bertz CT molecular complexity index is 187. The molecule has 13 heavy (non-hydrogen) atoms. The van der Waals surface area contributed by atoms with Gasteiger partial charge < -0.3 is 14.8 Å². The smallest absolute Gasteiger partial charge is 0.248 e. The molecule has 0 aromatic heterocycles. The third kappa shape index (κ3) is 4.74. The Hall–Kier alpha value is -0.750. The molecule has 2 N–H and O–H groups in total. The van der Waals surface area contributed by atoms with E-state index in [9.17, 15) is 9.59 Å². The van der Waals surface area contributed by atoms with E-state index in [0.29, 0.717) is 6.42 Å². The number of likely N-dealkylation sites (N-methyl/N-ethyl adjacent to an activating group) is 1. The maximum atomic E-state index is 11.1. The van der Waals surface area contributed by atoms with Crippen LogP contribution in [-0.4, -0.2) is 32.1 Å². The number of methoxy groups -OCH3 is 1. The summed E-state index contributed by atoms with van der Waals surface area (Å²) in [7, 11) is 2.95. The van der Waals surface area contributed by atoms with E-state index in [2.05, 4.69) is 22.9 Å². The number of rotatable bonds is 5. The molecule has 0 bridgehead atoms. The molecule has 0 saturated carbocycles. The monoisotopic (exact) mass is 206 g/mol. The first kappa shape index (κ1) is 12.2. The number of carbonyl (C=O) groups excluding carboxylic acids is 2. The van der Waals surface area contributed by atoms with E-state index >= 15 is 0 Å². The van der Waals surface area contributed by atoms with Gasteiger partial charge in [0.2, 0.25) is 11.8 Å². The summed E-state index contributed by atoms with van der Waals surface area (Å²) >= 11 is 3.58. The van der Waals surface area contributed by atoms with Gasteiger partial charge in [-0.15, -0.1) is 0 Å². The van der Waals surface area contributed by atoms with Gasteiger partial charge in [0.1, 0.15) is 6.10 Å². The molecule has 0 fully saturated rings. The Labute approximate surface area is 82.8 Å². The van der Waals surface area contributed by atoms with Crippen LogP contribution in [0.25, 0.3) is 0 Å². The van der Waals surface area contributed by atoms with E-state index < -0.39 is 6.10 Å². The number of ether oxygens (including phenoxy) is 1. The van der Waals surface area contributed by atoms with Crippen LogP contribution in [0.2, 0.25) is 0 Å². The third-order valence-corrected chi connectivity index (χ3v) is 1.83. The molecular formula is C7H14N2O3S. The largest absolute Gasteiger partial charge is 0.372 e. The molecule has 5 nitrogen and oxygen atoms in total. The Balaban J connectivity index is 3.85. The maximum absolute atomic E-state index is 11.1. The van der Waals surface area contributed by atoms with Crippen LogP contribution in [0.5, 0.6) is 0 Å². The van der Waals surface area contributed by atoms with E-state index in [0.717, 1.165) is 0 Å². The van der Waals surface area contributed by atoms with E-state index in [1.165, 1.54) is 14.2 Å². The summed E-state index contributed by atoms with van der Waals surface area (Å²) < 4.78 is 7.05. The zero-order valence-electron chi connectivity index (χ0n) is 7.66. The standard InChI is InChI=1S/C7H14N2O3S/c1-8-7(11)5(12-2)3-4-6(10)9-13/h5,13H,3-4H2,1-2H3,(H,8,11)(H,9,10). The van der Waals surface area contributed by atoms with Gasteiger partial charge in [0.05, 0.1) is 0 Å². The fourth-order valence-corrected chi connectivity index (χ4v) is 0.947. The Morgan fingerprint density at radius 3 is 2.54 bits per heavy atom. The minimum atomic E-state index is -0.573. The molecule has 1 unspecified atom stereocenters. The van der Waals surface area contributed by atoms with Gasteiger partial charge in [0.25, 0.3) is 0 Å². The lowest BCUT2D eigenvalue weighted by Gasteiger charge is -2.12. The molecule has 1 atom stereocenters. The Morgan fingerprint density at radius 2 is 2.15 bits per heavy atom. The molecule has 0 radical (unpaired) electrons. The number of amides is 2. The summed E-state index contributed by atoms with van der Waals surface area (Å²) in [6.07, 6.45) is -0.00603. The molecule has 0 aliphatic heterocycles. The van der Waals surface area contributed by atoms with Gasteiger partial charge >= 0.3 is 0 Å². The average molecular weight is 206 g/mol. The summed E-state index contributed by atoms with van der Waals surface area (Å²) in [4.78, 5) is 21.8. The van der Waals surface area contributed by atoms with Crippen molar-refractivity contribution in [3.05, 3.63) is 0 Å². The normalized spacial score (nSPS) is 11.9. The summed E-state index contributed by atoms with van der Waals surface area (Å²) in [6, 6.07) is 0. The lowest BCUT2D eigenvalue weighted by molar-refractivity contribution is -0.131. The molecule has 0 aromatic carbocycles. The van der Waals surface area contributed by atoms with Crippen LogP contribution in [0, 0.1) is 0 Å². The van der Waals surface area contributed by atoms with E-state index in [4.69, 9.17) is 4.74 Å². The summed E-state index contributed by atoms with van der Waals surface area (Å²) in [5, 5.41) is 2.44. The molecule has 0 heterocycles. The Kier molecular flexibility index (Phi) is 6.34. The highest BCUT2D eigenvalue weighted by molar-refractivity contribution is 7.78. The van der Waals surface area contributed by atoms with Crippen molar-refractivity contribution in [1.82, 2.24) is 10.0 Å². The minimum Gasteiger partial charge on any atom is -0.372 e. The molecule has 2 amide bonds. The molecular weight excluding hydrogens is 192 g/mol. The fourth-order valence-electron chi connectivity index (χ4n) is 0.835. The topological polar surface area (TPSA) is 67.4 Å². The molecule has 0 aromatic rings. The van der Waals surface area contributed by atoms with Crippen LogP contribution in [0.4, 0.5) is 0 Å². The summed E-state index contributed by atoms with van der Waals surface area (Å²) in [5.74, 6) is -0.455. The fraction of sp³-hybridized carbons (Fsp3) is 0.714. The van der Waals surface area contributed by atoms with Crippen molar-refractivity contribution >= 4 is 24.6 Å². The molecule has 0 aliphatic rings. The molecule has 0 saturated heterocycles. The van der Waals surface area contributed by atoms with Crippen molar-refractivity contribution in [3.8, 4) is 0 Å². The number of hydrogen-bond acceptors (Lipinski definition) is 4. The van der Waals surface area contributed by atoms with Crippen LogP contribution in [0.3, 0.4) is 0 Å². The predicted octanol–water partition coefficient (Wildman–Crippen LogP) is -0.511. The minimum absolute atomic E-state index is 0.218. The van der Waals surface area contributed by atoms with Crippen molar-refractivity contribution < 1.29 is 14.3 Å². The highest BCUT2D eigenvalue weighted by Crippen LogP contribution is 2.01. The molecule has 6 heteroatoms. The molecule has 0 spiro atoms. The van der Waals surface area contributed by atoms with Gasteiger partial charge in [0, 0.05) is 20.6 Å². The van der Waals surface area contributed by atoms with Gasteiger partial charge in [-0.1, -0.05) is 12.8 Å². The quantitative estimate of drug-likeness (QED) is 0.531. The van der Waals surface area contributed by atoms with E-state index in [1.807, 2.05) is 0 Å². The van der Waals surface area contributed by atoms with Crippen molar-refractivity contribution in [2.75, 3.05) is 14.2 Å². The Morgan fingerprint density at radius 1 is 1.54 bits per heavy atom. The van der Waals surface area contributed by atoms with Crippen LogP contribution >= 0.6 is 12.8 Å². The molecule has 76 valence electrons. The van der Waals surface area contributed by atoms with Crippen LogP contribution in [-0.2, 0) is 14.3 Å². The lowest BCUT2D eigenvalue weighted by atomic mass is 10.2. The number of nitrogens with one attached hydrogen (secondary N) is 2. The van der Waals surface area contributed by atoms with Crippen molar-refractivity contribution in [2.45, 2.75) is 18.9 Å².